The van der Waals surface area contributed by atoms with Crippen molar-refractivity contribution in [1.29, 1.82) is 0 Å². The van der Waals surface area contributed by atoms with Gasteiger partial charge in [0.05, 0.1) is 34.1 Å². The Morgan fingerprint density at radius 3 is 2.55 bits per heavy atom. The van der Waals surface area contributed by atoms with E-state index >= 15 is 0 Å². The first kappa shape index (κ1) is 27.4. The highest BCUT2D eigenvalue weighted by Crippen LogP contribution is 2.28. The van der Waals surface area contributed by atoms with Crippen molar-refractivity contribution in [2.75, 3.05) is 25.0 Å². The van der Waals surface area contributed by atoms with Gasteiger partial charge in [0.1, 0.15) is 5.82 Å². The second kappa shape index (κ2) is 12.3. The van der Waals surface area contributed by atoms with E-state index in [0.29, 0.717) is 41.3 Å². The van der Waals surface area contributed by atoms with Gasteiger partial charge in [-0.25, -0.2) is 14.5 Å². The van der Waals surface area contributed by atoms with Crippen LogP contribution in [0, 0.1) is 0 Å². The maximum atomic E-state index is 13.3. The molecule has 9 nitrogen and oxygen atoms in total. The van der Waals surface area contributed by atoms with Gasteiger partial charge in [-0.15, -0.1) is 11.3 Å². The molecule has 0 fully saturated rings. The van der Waals surface area contributed by atoms with Crippen LogP contribution in [-0.2, 0) is 4.79 Å². The molecule has 4 aromatic heterocycles. The number of Topliss-reactive ketones (excluding diaryl/α,β-unsaturated/α-hetero) is 1. The van der Waals surface area contributed by atoms with Gasteiger partial charge in [0.2, 0.25) is 0 Å². The number of amides is 1. The number of fused-ring (bicyclic) bond motifs is 1. The number of carbonyl (C=O) groups excluding carboxylic acids is 2. The number of pyridine rings is 1. The Kier molecular flexibility index (Phi) is 8.85. The molecule has 0 aliphatic rings. The van der Waals surface area contributed by atoms with Crippen molar-refractivity contribution in [1.82, 2.24) is 29.8 Å². The van der Waals surface area contributed by atoms with Gasteiger partial charge in [0.15, 0.2) is 11.4 Å². The van der Waals surface area contributed by atoms with E-state index in [1.54, 1.807) is 41.1 Å². The molecular formula is C28H35N7O2S. The zero-order chi connectivity index (χ0) is 27.2. The molecule has 0 saturated heterocycles. The topological polar surface area (TPSA) is 105 Å². The molecule has 2 atom stereocenters. The van der Waals surface area contributed by atoms with Crippen molar-refractivity contribution in [2.24, 2.45) is 0 Å². The first-order valence-corrected chi connectivity index (χ1v) is 13.9. The predicted octanol–water partition coefficient (Wildman–Crippen LogP) is 4.76. The van der Waals surface area contributed by atoms with Crippen LogP contribution in [0.15, 0.2) is 48.1 Å². The molecule has 0 saturated carbocycles. The van der Waals surface area contributed by atoms with E-state index < -0.39 is 6.04 Å². The van der Waals surface area contributed by atoms with Gasteiger partial charge in [-0.3, -0.25) is 14.5 Å². The monoisotopic (exact) mass is 533 g/mol. The van der Waals surface area contributed by atoms with Crippen LogP contribution in [0.1, 0.15) is 51.4 Å². The summed E-state index contributed by atoms with van der Waals surface area (Å²) in [6.45, 7) is 12.3. The van der Waals surface area contributed by atoms with Crippen LogP contribution in [0.4, 0.5) is 5.82 Å². The third-order valence-corrected chi connectivity index (χ3v) is 7.59. The smallest absolute Gasteiger partial charge is 0.251 e. The standard InChI is InChI=1S/C28H35N7O2S/c1-6-24(36)19(5)31-26-15-20(28(37)29-16-18(4)34(7-2)8-3)14-23(32-26)21-17-30-35-12-11-22(33-27(21)35)25-10-9-13-38-25/h9-15,17-19H,6-8,16H2,1-5H3,(H,29,37)(H,31,32)/t18-,19-/m0/s1. The summed E-state index contributed by atoms with van der Waals surface area (Å²) in [6.07, 6.45) is 3.98. The predicted molar refractivity (Wildman–Crippen MR) is 153 cm³/mol. The number of ketones is 1. The molecule has 0 unspecified atom stereocenters. The van der Waals surface area contributed by atoms with Crippen molar-refractivity contribution in [3.8, 4) is 21.8 Å². The van der Waals surface area contributed by atoms with Crippen molar-refractivity contribution >= 4 is 34.5 Å². The van der Waals surface area contributed by atoms with Crippen LogP contribution in [0.25, 0.3) is 27.5 Å². The summed E-state index contributed by atoms with van der Waals surface area (Å²) in [5.41, 5.74) is 3.19. The zero-order valence-electron chi connectivity index (χ0n) is 22.6. The van der Waals surface area contributed by atoms with E-state index in [4.69, 9.17) is 9.97 Å². The van der Waals surface area contributed by atoms with Gasteiger partial charge in [0.25, 0.3) is 5.91 Å². The molecule has 38 heavy (non-hydrogen) atoms. The molecule has 0 aromatic carbocycles. The molecule has 2 N–H and O–H groups in total. The molecule has 0 radical (unpaired) electrons. The lowest BCUT2D eigenvalue weighted by atomic mass is 10.1. The van der Waals surface area contributed by atoms with E-state index in [1.165, 1.54) is 0 Å². The molecule has 4 aromatic rings. The Bertz CT molecular complexity index is 1400. The van der Waals surface area contributed by atoms with E-state index in [-0.39, 0.29) is 17.7 Å². The molecule has 0 spiro atoms. The second-order valence-corrected chi connectivity index (χ2v) is 10.2. The van der Waals surface area contributed by atoms with Gasteiger partial charge in [-0.05, 0) is 56.6 Å². The summed E-state index contributed by atoms with van der Waals surface area (Å²) >= 11 is 1.62. The van der Waals surface area contributed by atoms with Gasteiger partial charge >= 0.3 is 0 Å². The molecule has 200 valence electrons. The molecule has 4 heterocycles. The number of hydrogen-bond acceptors (Lipinski definition) is 8. The van der Waals surface area contributed by atoms with Crippen LogP contribution < -0.4 is 10.6 Å². The maximum Gasteiger partial charge on any atom is 0.251 e. The number of rotatable bonds is 12. The van der Waals surface area contributed by atoms with Crippen LogP contribution in [0.3, 0.4) is 0 Å². The Hall–Kier alpha value is -3.63. The average molecular weight is 534 g/mol. The fourth-order valence-electron chi connectivity index (χ4n) is 4.41. The van der Waals surface area contributed by atoms with Gasteiger partial charge in [-0.1, -0.05) is 26.8 Å². The Morgan fingerprint density at radius 1 is 1.08 bits per heavy atom. The number of nitrogens with zero attached hydrogens (tertiary/aromatic N) is 5. The summed E-state index contributed by atoms with van der Waals surface area (Å²) in [6, 6.07) is 9.15. The highest BCUT2D eigenvalue weighted by molar-refractivity contribution is 7.13. The number of anilines is 1. The van der Waals surface area contributed by atoms with Crippen molar-refractivity contribution in [2.45, 2.75) is 53.1 Å². The highest BCUT2D eigenvalue weighted by atomic mass is 32.1. The molecule has 0 aliphatic carbocycles. The van der Waals surface area contributed by atoms with E-state index in [2.05, 4.69) is 41.4 Å². The second-order valence-electron chi connectivity index (χ2n) is 9.21. The van der Waals surface area contributed by atoms with Crippen LogP contribution in [-0.4, -0.2) is 67.9 Å². The Balaban J connectivity index is 1.71. The van der Waals surface area contributed by atoms with Crippen LogP contribution in [0.2, 0.25) is 0 Å². The van der Waals surface area contributed by atoms with Crippen molar-refractivity contribution in [3.05, 3.63) is 53.7 Å². The van der Waals surface area contributed by atoms with E-state index in [9.17, 15) is 9.59 Å². The first-order chi connectivity index (χ1) is 18.3. The lowest BCUT2D eigenvalue weighted by Crippen LogP contribution is -2.42. The number of hydrogen-bond donors (Lipinski definition) is 2. The summed E-state index contributed by atoms with van der Waals surface area (Å²) < 4.78 is 1.70. The minimum Gasteiger partial charge on any atom is -0.361 e. The van der Waals surface area contributed by atoms with E-state index in [0.717, 1.165) is 23.7 Å². The van der Waals surface area contributed by atoms with Gasteiger partial charge in [-0.2, -0.15) is 5.10 Å². The third kappa shape index (κ3) is 6.08. The maximum absolute atomic E-state index is 13.3. The molecule has 0 bridgehead atoms. The van der Waals surface area contributed by atoms with Gasteiger partial charge in [0, 0.05) is 30.8 Å². The summed E-state index contributed by atoms with van der Waals surface area (Å²) in [4.78, 5) is 38.5. The number of nitrogens with one attached hydrogen (secondary N) is 2. The SMILES string of the molecule is CCC(=O)[C@H](C)Nc1cc(C(=O)NC[C@H](C)N(CC)CC)cc(-c2cnn3ccc(-c4cccs4)nc23)n1. The highest BCUT2D eigenvalue weighted by Gasteiger charge is 2.19. The normalized spacial score (nSPS) is 13.0. The van der Waals surface area contributed by atoms with Crippen LogP contribution >= 0.6 is 11.3 Å². The van der Waals surface area contributed by atoms with E-state index in [1.807, 2.05) is 36.7 Å². The minimum absolute atomic E-state index is 0.0643. The fourth-order valence-corrected chi connectivity index (χ4v) is 5.11. The number of thiophene rings is 1. The summed E-state index contributed by atoms with van der Waals surface area (Å²) in [5.74, 6) is 0.316. The Morgan fingerprint density at radius 2 is 1.87 bits per heavy atom. The third-order valence-electron chi connectivity index (χ3n) is 6.70. The average Bonchev–Trinajstić information content (AvgIpc) is 3.62. The molecule has 0 aliphatic heterocycles. The van der Waals surface area contributed by atoms with Crippen molar-refractivity contribution in [3.63, 3.8) is 0 Å². The zero-order valence-corrected chi connectivity index (χ0v) is 23.4. The number of likely N-dealkylation sites (N-methyl/N-ethyl adjacent to an activating group) is 1. The minimum atomic E-state index is -0.436. The van der Waals surface area contributed by atoms with Gasteiger partial charge < -0.3 is 10.6 Å². The molecule has 1 amide bonds. The Labute approximate surface area is 227 Å². The summed E-state index contributed by atoms with van der Waals surface area (Å²) in [7, 11) is 0. The first-order valence-electron chi connectivity index (χ1n) is 13.1. The number of aromatic nitrogens is 4. The lowest BCUT2D eigenvalue weighted by molar-refractivity contribution is -0.119. The lowest BCUT2D eigenvalue weighted by Gasteiger charge is -2.26. The summed E-state index contributed by atoms with van der Waals surface area (Å²) in [5, 5.41) is 12.7. The molecular weight excluding hydrogens is 498 g/mol. The quantitative estimate of drug-likeness (QED) is 0.271. The molecule has 10 heteroatoms. The van der Waals surface area contributed by atoms with Crippen molar-refractivity contribution < 1.29 is 9.59 Å². The fraction of sp³-hybridized carbons (Fsp3) is 0.393. The number of carbonyl (C=O) groups is 2. The largest absolute Gasteiger partial charge is 0.361 e. The molecule has 4 rings (SSSR count). The van der Waals surface area contributed by atoms with Crippen LogP contribution in [0.5, 0.6) is 0 Å².